The summed E-state index contributed by atoms with van der Waals surface area (Å²) in [6.07, 6.45) is -0.512. The van der Waals surface area contributed by atoms with E-state index in [4.69, 9.17) is 28.3 Å². The number of nitrogens with one attached hydrogen (secondary N) is 1. The van der Waals surface area contributed by atoms with Crippen molar-refractivity contribution in [2.45, 2.75) is 6.42 Å². The Morgan fingerprint density at radius 1 is 1.41 bits per heavy atom. The van der Waals surface area contributed by atoms with Crippen molar-refractivity contribution in [3.8, 4) is 0 Å². The molecule has 0 aromatic carbocycles. The van der Waals surface area contributed by atoms with Gasteiger partial charge in [0.15, 0.2) is 0 Å². The number of carboxylic acid groups (broad SMARTS) is 1. The highest BCUT2D eigenvalue weighted by Crippen LogP contribution is 2.15. The van der Waals surface area contributed by atoms with Gasteiger partial charge in [-0.3, -0.25) is 9.52 Å². The second kappa shape index (κ2) is 5.48. The number of carbonyl (C=O) groups is 1. The predicted molar refractivity (Wildman–Crippen MR) is 61.7 cm³/mol. The van der Waals surface area contributed by atoms with Crippen LogP contribution < -0.4 is 4.72 Å². The number of anilines is 1. The van der Waals surface area contributed by atoms with Crippen molar-refractivity contribution < 1.29 is 18.3 Å². The van der Waals surface area contributed by atoms with Crippen molar-refractivity contribution in [2.75, 3.05) is 10.5 Å². The van der Waals surface area contributed by atoms with E-state index in [9.17, 15) is 13.2 Å². The summed E-state index contributed by atoms with van der Waals surface area (Å²) in [5, 5.41) is 8.13. The quantitative estimate of drug-likeness (QED) is 0.620. The number of carboxylic acids is 1. The number of rotatable bonds is 5. The van der Waals surface area contributed by atoms with Crippen LogP contribution in [-0.4, -0.2) is 35.2 Å². The van der Waals surface area contributed by atoms with E-state index in [2.05, 4.69) is 9.97 Å². The van der Waals surface area contributed by atoms with Crippen LogP contribution in [0.4, 0.5) is 5.82 Å². The van der Waals surface area contributed by atoms with Gasteiger partial charge < -0.3 is 5.11 Å². The molecule has 0 aliphatic carbocycles. The second-order valence-electron chi connectivity index (χ2n) is 2.91. The van der Waals surface area contributed by atoms with Crippen molar-refractivity contribution in [1.82, 2.24) is 9.97 Å². The van der Waals surface area contributed by atoms with E-state index in [1.54, 1.807) is 0 Å². The molecule has 0 fully saturated rings. The maximum absolute atomic E-state index is 11.4. The van der Waals surface area contributed by atoms with Crippen LogP contribution >= 0.6 is 23.2 Å². The summed E-state index contributed by atoms with van der Waals surface area (Å²) in [7, 11) is -3.80. The third-order valence-electron chi connectivity index (χ3n) is 1.51. The summed E-state index contributed by atoms with van der Waals surface area (Å²) in [4.78, 5) is 17.4. The molecule has 10 heteroatoms. The molecule has 94 valence electrons. The fraction of sp³-hybridized carbons (Fsp3) is 0.286. The molecule has 1 aromatic rings. The molecule has 0 aliphatic heterocycles. The molecule has 1 heterocycles. The molecule has 17 heavy (non-hydrogen) atoms. The topological polar surface area (TPSA) is 109 Å². The minimum atomic E-state index is -3.80. The Balaban J connectivity index is 2.79. The SMILES string of the molecule is O=C(O)CCS(=O)(=O)Nc1cc(Cl)nc(Cl)n1. The van der Waals surface area contributed by atoms with Crippen LogP contribution in [0.2, 0.25) is 10.4 Å². The van der Waals surface area contributed by atoms with Crippen LogP contribution in [0.1, 0.15) is 6.42 Å². The molecule has 2 N–H and O–H groups in total. The van der Waals surface area contributed by atoms with Crippen LogP contribution in [0, 0.1) is 0 Å². The highest BCUT2D eigenvalue weighted by molar-refractivity contribution is 7.92. The lowest BCUT2D eigenvalue weighted by Gasteiger charge is -2.06. The Kier molecular flexibility index (Phi) is 4.49. The molecule has 0 amide bonds. The number of hydrogen-bond donors (Lipinski definition) is 2. The molecule has 0 radical (unpaired) electrons. The number of nitrogens with zero attached hydrogens (tertiary/aromatic N) is 2. The Bertz CT molecular complexity index is 514. The van der Waals surface area contributed by atoms with E-state index < -0.39 is 28.2 Å². The van der Waals surface area contributed by atoms with Gasteiger partial charge in [0, 0.05) is 6.07 Å². The minimum absolute atomic E-state index is 0.0269. The van der Waals surface area contributed by atoms with Crippen molar-refractivity contribution in [3.63, 3.8) is 0 Å². The summed E-state index contributed by atoms with van der Waals surface area (Å²) in [6.45, 7) is 0. The average molecular weight is 300 g/mol. The maximum Gasteiger partial charge on any atom is 0.304 e. The predicted octanol–water partition coefficient (Wildman–Crippen LogP) is 1.000. The molecule has 0 atom stereocenters. The largest absolute Gasteiger partial charge is 0.481 e. The van der Waals surface area contributed by atoms with Crippen LogP contribution in [0.15, 0.2) is 6.07 Å². The Morgan fingerprint density at radius 3 is 2.59 bits per heavy atom. The zero-order valence-corrected chi connectivity index (χ0v) is 10.6. The van der Waals surface area contributed by atoms with Gasteiger partial charge in [-0.25, -0.2) is 13.4 Å². The van der Waals surface area contributed by atoms with Crippen molar-refractivity contribution in [3.05, 3.63) is 16.5 Å². The Morgan fingerprint density at radius 2 is 2.06 bits per heavy atom. The van der Waals surface area contributed by atoms with Crippen LogP contribution in [0.25, 0.3) is 0 Å². The standard InChI is InChI=1S/C7H7Cl2N3O4S/c8-4-3-5(11-7(9)10-4)12-17(15,16)2-1-6(13)14/h3H,1-2H2,(H,13,14)(H,10,11,12). The third-order valence-corrected chi connectivity index (χ3v) is 3.14. The molecule has 0 saturated carbocycles. The van der Waals surface area contributed by atoms with E-state index in [0.29, 0.717) is 0 Å². The summed E-state index contributed by atoms with van der Waals surface area (Å²) in [5.74, 6) is -1.89. The summed E-state index contributed by atoms with van der Waals surface area (Å²) >= 11 is 11.0. The molecule has 0 bridgehead atoms. The fourth-order valence-electron chi connectivity index (χ4n) is 0.874. The highest BCUT2D eigenvalue weighted by Gasteiger charge is 2.14. The average Bonchev–Trinajstić information content (AvgIpc) is 2.12. The van der Waals surface area contributed by atoms with Crippen LogP contribution in [0.3, 0.4) is 0 Å². The smallest absolute Gasteiger partial charge is 0.304 e. The molecule has 1 rings (SSSR count). The van der Waals surface area contributed by atoms with E-state index >= 15 is 0 Å². The summed E-state index contributed by atoms with van der Waals surface area (Å²) < 4.78 is 24.9. The lowest BCUT2D eigenvalue weighted by molar-refractivity contribution is -0.136. The molecule has 0 saturated heterocycles. The Labute approximate surface area is 107 Å². The lowest BCUT2D eigenvalue weighted by Crippen LogP contribution is -2.19. The monoisotopic (exact) mass is 299 g/mol. The first-order valence-electron chi connectivity index (χ1n) is 4.21. The number of aromatic nitrogens is 2. The first-order chi connectivity index (χ1) is 7.78. The lowest BCUT2D eigenvalue weighted by atomic mass is 10.5. The van der Waals surface area contributed by atoms with E-state index in [0.717, 1.165) is 6.07 Å². The fourth-order valence-corrected chi connectivity index (χ4v) is 2.25. The van der Waals surface area contributed by atoms with Gasteiger partial charge >= 0.3 is 5.97 Å². The van der Waals surface area contributed by atoms with Crippen molar-refractivity contribution in [1.29, 1.82) is 0 Å². The molecule has 0 unspecified atom stereocenters. The second-order valence-corrected chi connectivity index (χ2v) is 5.48. The van der Waals surface area contributed by atoms with Gasteiger partial charge in [-0.05, 0) is 11.6 Å². The van der Waals surface area contributed by atoms with E-state index in [1.165, 1.54) is 0 Å². The molecule has 1 aromatic heterocycles. The van der Waals surface area contributed by atoms with Gasteiger partial charge in [0.2, 0.25) is 15.3 Å². The number of hydrogen-bond acceptors (Lipinski definition) is 5. The molecule has 7 nitrogen and oxygen atoms in total. The number of aliphatic carboxylic acids is 1. The minimum Gasteiger partial charge on any atom is -0.481 e. The van der Waals surface area contributed by atoms with E-state index in [-0.39, 0.29) is 16.3 Å². The van der Waals surface area contributed by atoms with Crippen molar-refractivity contribution >= 4 is 45.0 Å². The third kappa shape index (κ3) is 5.16. The molecule has 0 aliphatic rings. The van der Waals surface area contributed by atoms with Gasteiger partial charge in [0.25, 0.3) is 0 Å². The van der Waals surface area contributed by atoms with Gasteiger partial charge in [-0.2, -0.15) is 4.98 Å². The maximum atomic E-state index is 11.4. The number of sulfonamides is 1. The van der Waals surface area contributed by atoms with Gasteiger partial charge in [-0.15, -0.1) is 0 Å². The van der Waals surface area contributed by atoms with Crippen molar-refractivity contribution in [2.24, 2.45) is 0 Å². The molecular formula is C7H7Cl2N3O4S. The molecular weight excluding hydrogens is 293 g/mol. The normalized spacial score (nSPS) is 11.2. The Hall–Kier alpha value is -1.12. The zero-order chi connectivity index (χ0) is 13.1. The van der Waals surface area contributed by atoms with Crippen LogP contribution in [-0.2, 0) is 14.8 Å². The van der Waals surface area contributed by atoms with E-state index in [1.807, 2.05) is 4.72 Å². The van der Waals surface area contributed by atoms with Gasteiger partial charge in [0.05, 0.1) is 12.2 Å². The highest BCUT2D eigenvalue weighted by atomic mass is 35.5. The number of halogens is 2. The first kappa shape index (κ1) is 13.9. The molecule has 0 spiro atoms. The summed E-state index contributed by atoms with van der Waals surface area (Å²) in [6, 6.07) is 1.16. The van der Waals surface area contributed by atoms with Gasteiger partial charge in [-0.1, -0.05) is 11.6 Å². The van der Waals surface area contributed by atoms with Crippen LogP contribution in [0.5, 0.6) is 0 Å². The first-order valence-corrected chi connectivity index (χ1v) is 6.62. The van der Waals surface area contributed by atoms with Gasteiger partial charge in [0.1, 0.15) is 11.0 Å². The summed E-state index contributed by atoms with van der Waals surface area (Å²) in [5.41, 5.74) is 0. The zero-order valence-electron chi connectivity index (χ0n) is 8.22.